The lowest BCUT2D eigenvalue weighted by Crippen LogP contribution is -2.20. The van der Waals surface area contributed by atoms with E-state index >= 15 is 0 Å². The summed E-state index contributed by atoms with van der Waals surface area (Å²) in [6.45, 7) is 8.10. The van der Waals surface area contributed by atoms with Gasteiger partial charge in [-0.25, -0.2) is 4.63 Å². The third-order valence-electron chi connectivity index (χ3n) is 4.31. The largest absolute Gasteiger partial charge is 0.484 e. The summed E-state index contributed by atoms with van der Waals surface area (Å²) in [4.78, 5) is 12.2. The highest BCUT2D eigenvalue weighted by atomic mass is 16.6. The van der Waals surface area contributed by atoms with Crippen molar-refractivity contribution in [3.63, 3.8) is 0 Å². The van der Waals surface area contributed by atoms with Crippen molar-refractivity contribution in [2.75, 3.05) is 11.9 Å². The fourth-order valence-electron chi connectivity index (χ4n) is 2.70. The molecule has 3 aromatic rings. The Labute approximate surface area is 158 Å². The van der Waals surface area contributed by atoms with Crippen molar-refractivity contribution in [2.45, 2.75) is 33.6 Å². The standard InChI is InChI=1S/C21H23N3O3/c1-13(2)16-7-9-17(10-8-16)26-12-19(25)22-21-20(23-27-24-21)18-11-14(3)5-6-15(18)4/h5-11,13H,12H2,1-4H3,(H,22,24,25). The van der Waals surface area contributed by atoms with Gasteiger partial charge < -0.3 is 10.1 Å². The number of amides is 1. The minimum atomic E-state index is -0.329. The van der Waals surface area contributed by atoms with E-state index in [1.54, 1.807) is 0 Å². The molecule has 6 heteroatoms. The summed E-state index contributed by atoms with van der Waals surface area (Å²) in [7, 11) is 0. The van der Waals surface area contributed by atoms with Gasteiger partial charge in [-0.05, 0) is 59.4 Å². The molecule has 0 atom stereocenters. The van der Waals surface area contributed by atoms with Gasteiger partial charge in [0.2, 0.25) is 5.82 Å². The number of hydrogen-bond donors (Lipinski definition) is 1. The van der Waals surface area contributed by atoms with Crippen LogP contribution in [0.2, 0.25) is 0 Å². The zero-order valence-electron chi connectivity index (χ0n) is 15.9. The van der Waals surface area contributed by atoms with Crippen molar-refractivity contribution in [2.24, 2.45) is 0 Å². The molecule has 3 rings (SSSR count). The molecule has 0 saturated heterocycles. The molecule has 1 N–H and O–H groups in total. The number of anilines is 1. The van der Waals surface area contributed by atoms with Crippen molar-refractivity contribution in [1.29, 1.82) is 0 Å². The maximum absolute atomic E-state index is 12.2. The molecule has 0 radical (unpaired) electrons. The minimum absolute atomic E-state index is 0.125. The van der Waals surface area contributed by atoms with Crippen molar-refractivity contribution < 1.29 is 14.2 Å². The molecule has 27 heavy (non-hydrogen) atoms. The second-order valence-electron chi connectivity index (χ2n) is 6.84. The van der Waals surface area contributed by atoms with Crippen molar-refractivity contribution in [1.82, 2.24) is 10.3 Å². The lowest BCUT2D eigenvalue weighted by Gasteiger charge is -2.09. The molecule has 0 bridgehead atoms. The quantitative estimate of drug-likeness (QED) is 0.696. The van der Waals surface area contributed by atoms with Crippen molar-refractivity contribution in [3.8, 4) is 17.0 Å². The van der Waals surface area contributed by atoms with Crippen LogP contribution in [0, 0.1) is 13.8 Å². The second-order valence-corrected chi connectivity index (χ2v) is 6.84. The zero-order valence-corrected chi connectivity index (χ0v) is 15.9. The molecular weight excluding hydrogens is 342 g/mol. The highest BCUT2D eigenvalue weighted by molar-refractivity contribution is 5.94. The first kappa shape index (κ1) is 18.6. The Kier molecular flexibility index (Phi) is 5.54. The summed E-state index contributed by atoms with van der Waals surface area (Å²) in [5.41, 5.74) is 4.71. The monoisotopic (exact) mass is 365 g/mol. The first-order valence-electron chi connectivity index (χ1n) is 8.87. The molecule has 0 unspecified atom stereocenters. The van der Waals surface area contributed by atoms with Crippen LogP contribution in [0.5, 0.6) is 5.75 Å². The number of hydrogen-bond acceptors (Lipinski definition) is 5. The van der Waals surface area contributed by atoms with Crippen LogP contribution in [0.4, 0.5) is 5.82 Å². The van der Waals surface area contributed by atoms with Gasteiger partial charge in [-0.1, -0.05) is 43.7 Å². The van der Waals surface area contributed by atoms with E-state index < -0.39 is 0 Å². The summed E-state index contributed by atoms with van der Waals surface area (Å²) in [6, 6.07) is 13.7. The van der Waals surface area contributed by atoms with Gasteiger partial charge in [-0.2, -0.15) is 0 Å². The molecule has 0 aliphatic carbocycles. The Morgan fingerprint density at radius 2 is 1.85 bits per heavy atom. The average molecular weight is 365 g/mol. The van der Waals surface area contributed by atoms with E-state index in [-0.39, 0.29) is 18.3 Å². The number of aromatic nitrogens is 2. The summed E-state index contributed by atoms with van der Waals surface area (Å²) >= 11 is 0. The third-order valence-corrected chi connectivity index (χ3v) is 4.31. The number of nitrogens with one attached hydrogen (secondary N) is 1. The molecule has 0 spiro atoms. The van der Waals surface area contributed by atoms with Crippen LogP contribution in [0.15, 0.2) is 47.1 Å². The maximum Gasteiger partial charge on any atom is 0.263 e. The van der Waals surface area contributed by atoms with Crippen molar-refractivity contribution >= 4 is 11.7 Å². The Morgan fingerprint density at radius 3 is 2.56 bits per heavy atom. The van der Waals surface area contributed by atoms with Gasteiger partial charge in [-0.15, -0.1) is 0 Å². The number of nitrogens with zero attached hydrogens (tertiary/aromatic N) is 2. The normalized spacial score (nSPS) is 10.9. The smallest absolute Gasteiger partial charge is 0.263 e. The van der Waals surface area contributed by atoms with Crippen molar-refractivity contribution in [3.05, 3.63) is 59.2 Å². The van der Waals surface area contributed by atoms with E-state index in [4.69, 9.17) is 9.37 Å². The topological polar surface area (TPSA) is 77.3 Å². The van der Waals surface area contributed by atoms with E-state index in [0.29, 0.717) is 17.4 Å². The summed E-state index contributed by atoms with van der Waals surface area (Å²) in [5.74, 6) is 1.05. The lowest BCUT2D eigenvalue weighted by atomic mass is 10.0. The number of carbonyl (C=O) groups is 1. The molecule has 0 saturated carbocycles. The predicted molar refractivity (Wildman–Crippen MR) is 104 cm³/mol. The van der Waals surface area contributed by atoms with E-state index in [1.807, 2.05) is 56.3 Å². The van der Waals surface area contributed by atoms with Gasteiger partial charge in [0, 0.05) is 5.56 Å². The van der Waals surface area contributed by atoms with Gasteiger partial charge in [0.15, 0.2) is 12.3 Å². The molecular formula is C21H23N3O3. The van der Waals surface area contributed by atoms with Gasteiger partial charge >= 0.3 is 0 Å². The van der Waals surface area contributed by atoms with E-state index in [9.17, 15) is 4.79 Å². The van der Waals surface area contributed by atoms with Crippen LogP contribution >= 0.6 is 0 Å². The van der Waals surface area contributed by atoms with Gasteiger partial charge in [-0.3, -0.25) is 4.79 Å². The molecule has 0 aliphatic heterocycles. The molecule has 1 amide bonds. The number of carbonyl (C=O) groups excluding carboxylic acids is 1. The molecule has 0 fully saturated rings. The Hall–Kier alpha value is -3.15. The van der Waals surface area contributed by atoms with E-state index in [2.05, 4.69) is 29.5 Å². The molecule has 6 nitrogen and oxygen atoms in total. The van der Waals surface area contributed by atoms with Gasteiger partial charge in [0.25, 0.3) is 5.91 Å². The van der Waals surface area contributed by atoms with Crippen LogP contribution in [-0.2, 0) is 4.79 Å². The Bertz CT molecular complexity index is 930. The minimum Gasteiger partial charge on any atom is -0.484 e. The predicted octanol–water partition coefficient (Wildman–Crippen LogP) is 4.49. The zero-order chi connectivity index (χ0) is 19.4. The second kappa shape index (κ2) is 8.03. The fraction of sp³-hybridized carbons (Fsp3) is 0.286. The number of ether oxygens (including phenoxy) is 1. The number of aryl methyl sites for hydroxylation is 2. The first-order valence-corrected chi connectivity index (χ1v) is 8.87. The average Bonchev–Trinajstić information content (AvgIpc) is 3.10. The molecule has 2 aromatic carbocycles. The van der Waals surface area contributed by atoms with E-state index in [1.165, 1.54) is 5.56 Å². The lowest BCUT2D eigenvalue weighted by molar-refractivity contribution is -0.118. The van der Waals surface area contributed by atoms with E-state index in [0.717, 1.165) is 16.7 Å². The SMILES string of the molecule is Cc1ccc(C)c(-c2nonc2NC(=O)COc2ccc(C(C)C)cc2)c1. The van der Waals surface area contributed by atoms with Crippen LogP contribution in [0.25, 0.3) is 11.3 Å². The third kappa shape index (κ3) is 4.53. The summed E-state index contributed by atoms with van der Waals surface area (Å²) in [5, 5.41) is 10.5. The highest BCUT2D eigenvalue weighted by Crippen LogP contribution is 2.28. The Morgan fingerprint density at radius 1 is 1.11 bits per heavy atom. The summed E-state index contributed by atoms with van der Waals surface area (Å²) < 4.78 is 10.4. The first-order chi connectivity index (χ1) is 12.9. The van der Waals surface area contributed by atoms with Crippen LogP contribution < -0.4 is 10.1 Å². The number of rotatable bonds is 6. The maximum atomic E-state index is 12.2. The van der Waals surface area contributed by atoms with Gasteiger partial charge in [0.05, 0.1) is 0 Å². The Balaban J connectivity index is 1.65. The fourth-order valence-corrected chi connectivity index (χ4v) is 2.70. The molecule has 140 valence electrons. The molecule has 1 heterocycles. The highest BCUT2D eigenvalue weighted by Gasteiger charge is 2.17. The van der Waals surface area contributed by atoms with Crippen LogP contribution in [0.3, 0.4) is 0 Å². The summed E-state index contributed by atoms with van der Waals surface area (Å²) in [6.07, 6.45) is 0. The molecule has 0 aliphatic rings. The van der Waals surface area contributed by atoms with Crippen LogP contribution in [0.1, 0.15) is 36.5 Å². The molecule has 1 aromatic heterocycles. The van der Waals surface area contributed by atoms with Gasteiger partial charge in [0.1, 0.15) is 5.75 Å². The number of benzene rings is 2. The van der Waals surface area contributed by atoms with Crippen LogP contribution in [-0.4, -0.2) is 22.8 Å².